The Labute approximate surface area is 152 Å². The number of carbonyl (C=O) groups is 1. The Hall–Kier alpha value is -0.733. The first-order chi connectivity index (χ1) is 11.3. The minimum absolute atomic E-state index is 0.0578. The Morgan fingerprint density at radius 1 is 1.32 bits per heavy atom. The predicted octanol–water partition coefficient (Wildman–Crippen LogP) is 3.01. The van der Waals surface area contributed by atoms with Crippen LogP contribution in [0.15, 0.2) is 12.2 Å². The van der Waals surface area contributed by atoms with Crippen molar-refractivity contribution in [3.63, 3.8) is 0 Å². The summed E-state index contributed by atoms with van der Waals surface area (Å²) in [6.07, 6.45) is 0.885. The molecule has 0 aliphatic carbocycles. The number of aliphatic hydroxyl groups is 1. The highest BCUT2D eigenvalue weighted by molar-refractivity contribution is 6.74. The number of rotatable bonds is 7. The minimum Gasteiger partial charge on any atom is -0.463 e. The molecule has 6 nitrogen and oxygen atoms in total. The highest BCUT2D eigenvalue weighted by Gasteiger charge is 2.45. The molecule has 1 saturated heterocycles. The van der Waals surface area contributed by atoms with Crippen molar-refractivity contribution < 1.29 is 28.5 Å². The van der Waals surface area contributed by atoms with E-state index in [1.807, 2.05) is 0 Å². The third kappa shape index (κ3) is 6.49. The number of aliphatic hydroxyl groups excluding tert-OH is 1. The first-order valence-corrected chi connectivity index (χ1v) is 11.7. The maximum Gasteiger partial charge on any atom is 0.330 e. The summed E-state index contributed by atoms with van der Waals surface area (Å²) in [5.41, 5.74) is 0. The molecule has 1 aliphatic heterocycles. The molecule has 1 rings (SSSR count). The lowest BCUT2D eigenvalue weighted by molar-refractivity contribution is -0.155. The van der Waals surface area contributed by atoms with Gasteiger partial charge >= 0.3 is 5.97 Å². The van der Waals surface area contributed by atoms with Gasteiger partial charge < -0.3 is 23.7 Å². The largest absolute Gasteiger partial charge is 0.463 e. The summed E-state index contributed by atoms with van der Waals surface area (Å²) in [6, 6.07) is 0. The molecule has 0 aromatic heterocycles. The van der Waals surface area contributed by atoms with Crippen LogP contribution in [0.1, 0.15) is 41.5 Å². The molecule has 1 fully saturated rings. The van der Waals surface area contributed by atoms with Gasteiger partial charge in [-0.25, -0.2) is 4.79 Å². The second kappa shape index (κ2) is 8.31. The average molecular weight is 375 g/mol. The Balaban J connectivity index is 2.76. The fraction of sp³-hybridized carbons (Fsp3) is 0.833. The van der Waals surface area contributed by atoms with E-state index in [-0.39, 0.29) is 11.6 Å². The maximum absolute atomic E-state index is 11.5. The van der Waals surface area contributed by atoms with Gasteiger partial charge in [0.1, 0.15) is 18.3 Å². The van der Waals surface area contributed by atoms with Crippen LogP contribution < -0.4 is 0 Å². The first-order valence-electron chi connectivity index (χ1n) is 8.81. The summed E-state index contributed by atoms with van der Waals surface area (Å²) >= 11 is 0. The Morgan fingerprint density at radius 3 is 2.44 bits per heavy atom. The number of hydrogen-bond donors (Lipinski definition) is 1. The van der Waals surface area contributed by atoms with Crippen molar-refractivity contribution in [2.45, 2.75) is 83.8 Å². The second-order valence-electron chi connectivity index (χ2n) is 8.31. The van der Waals surface area contributed by atoms with Gasteiger partial charge in [-0.05, 0) is 45.0 Å². The number of ether oxygens (including phenoxy) is 3. The van der Waals surface area contributed by atoms with Gasteiger partial charge in [0.15, 0.2) is 14.1 Å². The maximum atomic E-state index is 11.5. The van der Waals surface area contributed by atoms with Crippen LogP contribution in [0.3, 0.4) is 0 Å². The molecular formula is C18H34O6Si. The molecular weight excluding hydrogens is 340 g/mol. The molecule has 7 heteroatoms. The second-order valence-corrected chi connectivity index (χ2v) is 13.1. The van der Waals surface area contributed by atoms with Crippen molar-refractivity contribution in [1.82, 2.24) is 0 Å². The fourth-order valence-corrected chi connectivity index (χ4v) is 3.25. The van der Waals surface area contributed by atoms with E-state index in [2.05, 4.69) is 33.9 Å². The van der Waals surface area contributed by atoms with Crippen LogP contribution in [-0.2, 0) is 23.4 Å². The number of esters is 1. The van der Waals surface area contributed by atoms with Crippen LogP contribution in [0.25, 0.3) is 0 Å². The zero-order valence-electron chi connectivity index (χ0n) is 16.8. The highest BCUT2D eigenvalue weighted by atomic mass is 28.4. The van der Waals surface area contributed by atoms with Gasteiger partial charge in [-0.1, -0.05) is 20.8 Å². The van der Waals surface area contributed by atoms with Crippen molar-refractivity contribution in [2.75, 3.05) is 13.2 Å². The van der Waals surface area contributed by atoms with Gasteiger partial charge in [0, 0.05) is 6.08 Å². The average Bonchev–Trinajstić information content (AvgIpc) is 2.77. The normalized spacial score (nSPS) is 25.3. The Morgan fingerprint density at radius 2 is 1.92 bits per heavy atom. The van der Waals surface area contributed by atoms with Crippen LogP contribution in [0.4, 0.5) is 0 Å². The minimum atomic E-state index is -1.97. The lowest BCUT2D eigenvalue weighted by Crippen LogP contribution is -2.46. The lowest BCUT2D eigenvalue weighted by atomic mass is 10.1. The third-order valence-electron chi connectivity index (χ3n) is 4.67. The van der Waals surface area contributed by atoms with Crippen molar-refractivity contribution in [3.8, 4) is 0 Å². The fourth-order valence-electron chi connectivity index (χ4n) is 2.23. The standard InChI is InChI=1S/C18H34O6Si/c1-9-21-15(20)11-10-14-16(24-18(5,6)23-14)13(19)12-22-25(7,8)17(2,3)4/h10-11,13-14,16,19H,9,12H2,1-8H3/b11-10+/t13-,14+,16-/m1/s1. The van der Waals surface area contributed by atoms with E-state index >= 15 is 0 Å². The molecule has 0 radical (unpaired) electrons. The monoisotopic (exact) mass is 374 g/mol. The van der Waals surface area contributed by atoms with E-state index < -0.39 is 38.4 Å². The van der Waals surface area contributed by atoms with Gasteiger partial charge in [-0.2, -0.15) is 0 Å². The Kier molecular flexibility index (Phi) is 7.41. The number of carbonyl (C=O) groups excluding carboxylic acids is 1. The van der Waals surface area contributed by atoms with E-state index in [0.717, 1.165) is 0 Å². The SMILES string of the molecule is CCOC(=O)/C=C/[C@@H]1OC(C)(C)O[C@@H]1[C@H](O)CO[Si](C)(C)C(C)(C)C. The van der Waals surface area contributed by atoms with Gasteiger partial charge in [-0.3, -0.25) is 0 Å². The zero-order valence-corrected chi connectivity index (χ0v) is 17.8. The van der Waals surface area contributed by atoms with Crippen LogP contribution in [0.5, 0.6) is 0 Å². The van der Waals surface area contributed by atoms with Gasteiger partial charge in [-0.15, -0.1) is 0 Å². The first kappa shape index (κ1) is 22.3. The highest BCUT2D eigenvalue weighted by Crippen LogP contribution is 2.37. The van der Waals surface area contributed by atoms with E-state index in [4.69, 9.17) is 18.6 Å². The predicted molar refractivity (Wildman–Crippen MR) is 98.8 cm³/mol. The van der Waals surface area contributed by atoms with Crippen molar-refractivity contribution in [3.05, 3.63) is 12.2 Å². The summed E-state index contributed by atoms with van der Waals surface area (Å²) in [7, 11) is -1.97. The molecule has 146 valence electrons. The molecule has 1 N–H and O–H groups in total. The summed E-state index contributed by atoms with van der Waals surface area (Å²) in [4.78, 5) is 11.5. The molecule has 0 aromatic carbocycles. The Bertz CT molecular complexity index is 480. The van der Waals surface area contributed by atoms with Crippen LogP contribution >= 0.6 is 0 Å². The molecule has 0 spiro atoms. The molecule has 0 bridgehead atoms. The van der Waals surface area contributed by atoms with E-state index in [1.54, 1.807) is 26.8 Å². The van der Waals surface area contributed by atoms with Crippen molar-refractivity contribution >= 4 is 14.3 Å². The smallest absolute Gasteiger partial charge is 0.330 e. The lowest BCUT2D eigenvalue weighted by Gasteiger charge is -2.37. The van der Waals surface area contributed by atoms with Crippen LogP contribution in [0.2, 0.25) is 18.1 Å². The summed E-state index contributed by atoms with van der Waals surface area (Å²) in [5.74, 6) is -1.28. The molecule has 0 unspecified atom stereocenters. The van der Waals surface area contributed by atoms with Crippen molar-refractivity contribution in [1.29, 1.82) is 0 Å². The third-order valence-corrected chi connectivity index (χ3v) is 9.17. The van der Waals surface area contributed by atoms with E-state index in [9.17, 15) is 9.90 Å². The molecule has 3 atom stereocenters. The van der Waals surface area contributed by atoms with Crippen molar-refractivity contribution in [2.24, 2.45) is 0 Å². The molecule has 0 aromatic rings. The van der Waals surface area contributed by atoms with E-state index in [0.29, 0.717) is 6.61 Å². The van der Waals surface area contributed by atoms with E-state index in [1.165, 1.54) is 6.08 Å². The molecule has 0 amide bonds. The summed E-state index contributed by atoms with van der Waals surface area (Å²) < 4.78 is 22.6. The van der Waals surface area contributed by atoms with Gasteiger partial charge in [0.25, 0.3) is 0 Å². The topological polar surface area (TPSA) is 74.2 Å². The van der Waals surface area contributed by atoms with Gasteiger partial charge in [0.05, 0.1) is 13.2 Å². The molecule has 0 saturated carbocycles. The quantitative estimate of drug-likeness (QED) is 0.419. The number of hydrogen-bond acceptors (Lipinski definition) is 6. The summed E-state index contributed by atoms with van der Waals surface area (Å²) in [5, 5.41) is 10.6. The summed E-state index contributed by atoms with van der Waals surface area (Å²) in [6.45, 7) is 16.5. The van der Waals surface area contributed by atoms with Gasteiger partial charge in [0.2, 0.25) is 0 Å². The zero-order chi connectivity index (χ0) is 19.5. The van der Waals surface area contributed by atoms with Crippen LogP contribution in [-0.4, -0.2) is 56.7 Å². The molecule has 1 aliphatic rings. The molecule has 25 heavy (non-hydrogen) atoms. The molecule has 1 heterocycles. The van der Waals surface area contributed by atoms with Crippen LogP contribution in [0, 0.1) is 0 Å².